The first-order valence-electron chi connectivity index (χ1n) is 6.63. The number of H-pyrrole nitrogens is 1. The van der Waals surface area contributed by atoms with Gasteiger partial charge in [-0.05, 0) is 18.6 Å². The van der Waals surface area contributed by atoms with Crippen LogP contribution in [0.15, 0.2) is 24.5 Å². The molecule has 1 aliphatic heterocycles. The lowest BCUT2D eigenvalue weighted by Crippen LogP contribution is -2.31. The van der Waals surface area contributed by atoms with Crippen molar-refractivity contribution in [1.29, 1.82) is 0 Å². The summed E-state index contributed by atoms with van der Waals surface area (Å²) in [4.78, 5) is 11.9. The van der Waals surface area contributed by atoms with Crippen LogP contribution in [0.2, 0.25) is 0 Å². The van der Waals surface area contributed by atoms with Crippen molar-refractivity contribution < 1.29 is 9.53 Å². The molecule has 0 aliphatic carbocycles. The molecular formula is C13H17N5O2. The number of carbonyl (C=O) groups is 1. The summed E-state index contributed by atoms with van der Waals surface area (Å²) in [6.45, 7) is 1.29. The van der Waals surface area contributed by atoms with E-state index in [1.807, 2.05) is 17.8 Å². The van der Waals surface area contributed by atoms with E-state index in [2.05, 4.69) is 20.6 Å². The molecule has 2 atom stereocenters. The third-order valence-corrected chi connectivity index (χ3v) is 3.63. The summed E-state index contributed by atoms with van der Waals surface area (Å²) in [6, 6.07) is 3.61. The highest BCUT2D eigenvalue weighted by Gasteiger charge is 2.31. The smallest absolute Gasteiger partial charge is 0.269 e. The maximum Gasteiger partial charge on any atom is 0.269 e. The maximum absolute atomic E-state index is 11.9. The van der Waals surface area contributed by atoms with Crippen LogP contribution in [-0.2, 0) is 11.8 Å². The van der Waals surface area contributed by atoms with Crippen LogP contribution < -0.4 is 5.32 Å². The number of carbonyl (C=O) groups excluding carboxylic acids is 1. The molecule has 106 valence electrons. The summed E-state index contributed by atoms with van der Waals surface area (Å²) in [5.74, 6) is 0.121. The van der Waals surface area contributed by atoms with Gasteiger partial charge in [0.25, 0.3) is 5.91 Å². The van der Waals surface area contributed by atoms with E-state index in [0.717, 1.165) is 12.1 Å². The molecule has 0 aromatic carbocycles. The van der Waals surface area contributed by atoms with Crippen molar-refractivity contribution in [1.82, 2.24) is 25.3 Å². The van der Waals surface area contributed by atoms with Gasteiger partial charge in [0, 0.05) is 38.5 Å². The number of aromatic nitrogens is 4. The molecule has 3 rings (SSSR count). The van der Waals surface area contributed by atoms with Gasteiger partial charge in [0.15, 0.2) is 0 Å². The molecule has 0 unspecified atom stereocenters. The van der Waals surface area contributed by atoms with Crippen LogP contribution in [0.25, 0.3) is 0 Å². The fourth-order valence-electron chi connectivity index (χ4n) is 2.53. The lowest BCUT2D eigenvalue weighted by atomic mass is 9.99. The van der Waals surface area contributed by atoms with Crippen LogP contribution in [0.5, 0.6) is 0 Å². The number of aryl methyl sites for hydroxylation is 1. The largest absolute Gasteiger partial charge is 0.372 e. The first-order valence-corrected chi connectivity index (χ1v) is 6.63. The van der Waals surface area contributed by atoms with Crippen LogP contribution in [-0.4, -0.2) is 39.0 Å². The first kappa shape index (κ1) is 12.9. The zero-order valence-corrected chi connectivity index (χ0v) is 11.2. The summed E-state index contributed by atoms with van der Waals surface area (Å²) in [5.41, 5.74) is 1.52. The maximum atomic E-state index is 11.9. The normalized spacial score (nSPS) is 22.1. The molecule has 0 radical (unpaired) electrons. The lowest BCUT2D eigenvalue weighted by molar-refractivity contribution is 0.0799. The van der Waals surface area contributed by atoms with Crippen LogP contribution in [0.3, 0.4) is 0 Å². The SMILES string of the molecule is Cn1nccc1[C@@H]1OCC[C@H]1CNC(=O)c1ccn[nH]1. The lowest BCUT2D eigenvalue weighted by Gasteiger charge is -2.19. The number of rotatable bonds is 4. The van der Waals surface area contributed by atoms with Crippen molar-refractivity contribution in [2.24, 2.45) is 13.0 Å². The number of amides is 1. The van der Waals surface area contributed by atoms with Gasteiger partial charge in [0.05, 0.1) is 5.69 Å². The Morgan fingerprint density at radius 2 is 2.45 bits per heavy atom. The van der Waals surface area contributed by atoms with Crippen molar-refractivity contribution >= 4 is 5.91 Å². The molecule has 1 aliphatic rings. The molecule has 1 amide bonds. The monoisotopic (exact) mass is 275 g/mol. The van der Waals surface area contributed by atoms with Gasteiger partial charge in [-0.3, -0.25) is 14.6 Å². The molecule has 2 aromatic rings. The highest BCUT2D eigenvalue weighted by molar-refractivity contribution is 5.92. The first-order chi connectivity index (χ1) is 9.75. The minimum atomic E-state index is -0.141. The zero-order chi connectivity index (χ0) is 13.9. The highest BCUT2D eigenvalue weighted by Crippen LogP contribution is 2.33. The van der Waals surface area contributed by atoms with Crippen molar-refractivity contribution in [2.75, 3.05) is 13.2 Å². The molecule has 7 nitrogen and oxygen atoms in total. The van der Waals surface area contributed by atoms with Gasteiger partial charge >= 0.3 is 0 Å². The zero-order valence-electron chi connectivity index (χ0n) is 11.2. The minimum Gasteiger partial charge on any atom is -0.372 e. The predicted octanol–water partition coefficient (Wildman–Crippen LogP) is 0.651. The molecule has 2 N–H and O–H groups in total. The van der Waals surface area contributed by atoms with Crippen LogP contribution in [0.1, 0.15) is 28.7 Å². The molecule has 3 heterocycles. The molecule has 0 spiro atoms. The summed E-state index contributed by atoms with van der Waals surface area (Å²) < 4.78 is 7.60. The number of hydrogen-bond donors (Lipinski definition) is 2. The Kier molecular flexibility index (Phi) is 3.51. The Morgan fingerprint density at radius 3 is 3.15 bits per heavy atom. The number of aromatic amines is 1. The standard InChI is InChI=1S/C13H17N5O2/c1-18-11(3-6-16-18)12-9(4-7-20-12)8-14-13(19)10-2-5-15-17-10/h2-3,5-6,9,12H,4,7-8H2,1H3,(H,14,19)(H,15,17)/t9-,12+/m0/s1. The summed E-state index contributed by atoms with van der Waals surface area (Å²) in [6.07, 6.45) is 4.24. The molecule has 7 heteroatoms. The summed E-state index contributed by atoms with van der Waals surface area (Å²) in [5, 5.41) is 13.5. The molecular weight excluding hydrogens is 258 g/mol. The van der Waals surface area contributed by atoms with Gasteiger partial charge in [-0.25, -0.2) is 0 Å². The van der Waals surface area contributed by atoms with Gasteiger partial charge in [-0.2, -0.15) is 10.2 Å². The number of nitrogens with zero attached hydrogens (tertiary/aromatic N) is 3. The third-order valence-electron chi connectivity index (χ3n) is 3.63. The molecule has 1 saturated heterocycles. The minimum absolute atomic E-state index is 0.00966. The Balaban J connectivity index is 1.62. The van der Waals surface area contributed by atoms with Crippen molar-refractivity contribution in [2.45, 2.75) is 12.5 Å². The van der Waals surface area contributed by atoms with E-state index < -0.39 is 0 Å². The Bertz CT molecular complexity index is 577. The van der Waals surface area contributed by atoms with Gasteiger partial charge < -0.3 is 10.1 Å². The second-order valence-corrected chi connectivity index (χ2v) is 4.90. The summed E-state index contributed by atoms with van der Waals surface area (Å²) >= 11 is 0. The number of nitrogens with one attached hydrogen (secondary N) is 2. The van der Waals surface area contributed by atoms with E-state index in [0.29, 0.717) is 18.8 Å². The molecule has 0 saturated carbocycles. The number of hydrogen-bond acceptors (Lipinski definition) is 4. The van der Waals surface area contributed by atoms with Gasteiger partial charge in [0.2, 0.25) is 0 Å². The highest BCUT2D eigenvalue weighted by atomic mass is 16.5. The van der Waals surface area contributed by atoms with E-state index in [4.69, 9.17) is 4.74 Å². The Hall–Kier alpha value is -2.15. The molecule has 20 heavy (non-hydrogen) atoms. The quantitative estimate of drug-likeness (QED) is 0.858. The van der Waals surface area contributed by atoms with E-state index in [1.54, 1.807) is 18.5 Å². The van der Waals surface area contributed by atoms with E-state index in [1.165, 1.54) is 0 Å². The average molecular weight is 275 g/mol. The third kappa shape index (κ3) is 2.44. The van der Waals surface area contributed by atoms with Gasteiger partial charge in [-0.15, -0.1) is 0 Å². The van der Waals surface area contributed by atoms with E-state index in [9.17, 15) is 4.79 Å². The fraction of sp³-hybridized carbons (Fsp3) is 0.462. The van der Waals surface area contributed by atoms with Crippen LogP contribution in [0.4, 0.5) is 0 Å². The topological polar surface area (TPSA) is 84.8 Å². The predicted molar refractivity (Wildman–Crippen MR) is 70.9 cm³/mol. The van der Waals surface area contributed by atoms with Gasteiger partial charge in [-0.1, -0.05) is 0 Å². The van der Waals surface area contributed by atoms with Crippen LogP contribution in [0, 0.1) is 5.92 Å². The van der Waals surface area contributed by atoms with Crippen molar-refractivity contribution in [3.63, 3.8) is 0 Å². The molecule has 1 fully saturated rings. The molecule has 0 bridgehead atoms. The van der Waals surface area contributed by atoms with E-state index >= 15 is 0 Å². The number of ether oxygens (including phenoxy) is 1. The van der Waals surface area contributed by atoms with Crippen molar-refractivity contribution in [3.8, 4) is 0 Å². The van der Waals surface area contributed by atoms with E-state index in [-0.39, 0.29) is 17.9 Å². The molecule has 2 aromatic heterocycles. The Morgan fingerprint density at radius 1 is 1.55 bits per heavy atom. The van der Waals surface area contributed by atoms with Gasteiger partial charge in [0.1, 0.15) is 11.8 Å². The fourth-order valence-corrected chi connectivity index (χ4v) is 2.53. The average Bonchev–Trinajstić information content (AvgIpc) is 3.17. The van der Waals surface area contributed by atoms with Crippen molar-refractivity contribution in [3.05, 3.63) is 35.9 Å². The summed E-state index contributed by atoms with van der Waals surface area (Å²) in [7, 11) is 1.90. The van der Waals surface area contributed by atoms with Crippen LogP contribution >= 0.6 is 0 Å². The second-order valence-electron chi connectivity index (χ2n) is 4.90. The Labute approximate surface area is 116 Å². The second kappa shape index (κ2) is 5.46.